The van der Waals surface area contributed by atoms with Gasteiger partial charge in [-0.25, -0.2) is 15.0 Å². The third-order valence-electron chi connectivity index (χ3n) is 4.66. The normalized spacial score (nSPS) is 33.8. The van der Waals surface area contributed by atoms with E-state index in [2.05, 4.69) is 19.5 Å². The van der Waals surface area contributed by atoms with Crippen molar-refractivity contribution in [1.29, 1.82) is 0 Å². The predicted octanol–water partition coefficient (Wildman–Crippen LogP) is 0.742. The Morgan fingerprint density at radius 1 is 1.33 bits per heavy atom. The number of aromatic nitrogens is 4. The fraction of sp³-hybridized carbons (Fsp3) is 0.583. The molecular weight excluding hydrogens is 230 g/mol. The highest BCUT2D eigenvalue weighted by Gasteiger charge is 2.56. The largest absolute Gasteiger partial charge is 0.396 e. The first-order valence-corrected chi connectivity index (χ1v) is 6.26. The average molecular weight is 245 g/mol. The van der Waals surface area contributed by atoms with Crippen molar-refractivity contribution in [2.75, 3.05) is 12.3 Å². The summed E-state index contributed by atoms with van der Waals surface area (Å²) in [7, 11) is 0. The molecule has 5 rings (SSSR count). The Kier molecular flexibility index (Phi) is 1.82. The van der Waals surface area contributed by atoms with Crippen molar-refractivity contribution >= 4 is 17.0 Å². The summed E-state index contributed by atoms with van der Waals surface area (Å²) in [5, 5.41) is 9.47. The van der Waals surface area contributed by atoms with Gasteiger partial charge >= 0.3 is 0 Å². The third kappa shape index (κ3) is 1.13. The Hall–Kier alpha value is -1.69. The Morgan fingerprint density at radius 3 is 2.89 bits per heavy atom. The summed E-state index contributed by atoms with van der Waals surface area (Å²) in [5.74, 6) is 1.08. The van der Waals surface area contributed by atoms with Crippen molar-refractivity contribution < 1.29 is 5.11 Å². The summed E-state index contributed by atoms with van der Waals surface area (Å²) in [5.41, 5.74) is 7.45. The van der Waals surface area contributed by atoms with Crippen LogP contribution in [0, 0.1) is 11.3 Å². The molecule has 0 aliphatic heterocycles. The molecule has 1 atom stereocenters. The smallest absolute Gasteiger partial charge is 0.165 e. The fourth-order valence-electron chi connectivity index (χ4n) is 3.73. The molecule has 0 amide bonds. The molecule has 3 fully saturated rings. The molecule has 6 nitrogen and oxygen atoms in total. The first-order chi connectivity index (χ1) is 8.72. The van der Waals surface area contributed by atoms with Crippen molar-refractivity contribution in [1.82, 2.24) is 19.5 Å². The van der Waals surface area contributed by atoms with Crippen LogP contribution in [0.15, 0.2) is 12.7 Å². The Morgan fingerprint density at radius 2 is 2.17 bits per heavy atom. The number of imidazole rings is 1. The van der Waals surface area contributed by atoms with Gasteiger partial charge in [0, 0.05) is 12.6 Å². The van der Waals surface area contributed by atoms with Crippen molar-refractivity contribution in [3.8, 4) is 0 Å². The Balaban J connectivity index is 1.79. The van der Waals surface area contributed by atoms with Crippen molar-refractivity contribution in [2.45, 2.75) is 25.3 Å². The van der Waals surface area contributed by atoms with Crippen LogP contribution >= 0.6 is 0 Å². The number of anilines is 1. The maximum atomic E-state index is 9.47. The lowest BCUT2D eigenvalue weighted by atomic mass is 9.70. The first-order valence-electron chi connectivity index (χ1n) is 6.26. The molecule has 0 spiro atoms. The molecule has 2 aromatic rings. The van der Waals surface area contributed by atoms with Crippen LogP contribution in [-0.2, 0) is 0 Å². The standard InChI is InChI=1S/C12H15N5O/c13-10-9-11(15-5-14-10)17(6-16-9)8-3-12(4-18)1-7(8)2-12/h5-8,18H,1-4H2,(H2,13,14,15)/t7?,8-,12?/m1/s1. The highest BCUT2D eigenvalue weighted by molar-refractivity contribution is 5.81. The van der Waals surface area contributed by atoms with E-state index in [1.807, 2.05) is 6.33 Å². The van der Waals surface area contributed by atoms with E-state index in [1.165, 1.54) is 6.33 Å². The number of nitrogens with zero attached hydrogens (tertiary/aromatic N) is 4. The lowest BCUT2D eigenvalue weighted by Crippen LogP contribution is -2.31. The van der Waals surface area contributed by atoms with E-state index >= 15 is 0 Å². The molecule has 0 aromatic carbocycles. The van der Waals surface area contributed by atoms with Crippen molar-refractivity contribution in [3.63, 3.8) is 0 Å². The molecule has 2 aromatic heterocycles. The summed E-state index contributed by atoms with van der Waals surface area (Å²) in [6, 6.07) is 0.399. The SMILES string of the molecule is Nc1ncnc2c1ncn2[C@@H]1CC2(CO)CC1C2. The van der Waals surface area contributed by atoms with Crippen LogP contribution in [0.3, 0.4) is 0 Å². The number of hydrogen-bond donors (Lipinski definition) is 2. The predicted molar refractivity (Wildman–Crippen MR) is 65.6 cm³/mol. The minimum atomic E-state index is 0.157. The van der Waals surface area contributed by atoms with Crippen LogP contribution in [0.4, 0.5) is 5.82 Å². The number of hydrogen-bond acceptors (Lipinski definition) is 5. The van der Waals surface area contributed by atoms with Crippen LogP contribution in [-0.4, -0.2) is 31.2 Å². The summed E-state index contributed by atoms with van der Waals surface area (Å²) in [4.78, 5) is 12.6. The van der Waals surface area contributed by atoms with Crippen molar-refractivity contribution in [2.24, 2.45) is 11.3 Å². The van der Waals surface area contributed by atoms with E-state index in [9.17, 15) is 5.11 Å². The maximum absolute atomic E-state index is 9.47. The van der Waals surface area contributed by atoms with Gasteiger partial charge in [0.15, 0.2) is 11.5 Å². The number of fused-ring (bicyclic) bond motifs is 2. The summed E-state index contributed by atoms with van der Waals surface area (Å²) < 4.78 is 2.11. The summed E-state index contributed by atoms with van der Waals surface area (Å²) in [6.45, 7) is 0.295. The monoisotopic (exact) mass is 245 g/mol. The van der Waals surface area contributed by atoms with Gasteiger partial charge in [0.05, 0.1) is 6.33 Å². The second kappa shape index (κ2) is 3.20. The zero-order chi connectivity index (χ0) is 12.3. The van der Waals surface area contributed by atoms with Crippen LogP contribution in [0.5, 0.6) is 0 Å². The van der Waals surface area contributed by atoms with Gasteiger partial charge in [-0.3, -0.25) is 0 Å². The number of aliphatic hydroxyl groups excluding tert-OH is 1. The van der Waals surface area contributed by atoms with Gasteiger partial charge in [-0.15, -0.1) is 0 Å². The molecule has 3 N–H and O–H groups in total. The van der Waals surface area contributed by atoms with Crippen molar-refractivity contribution in [3.05, 3.63) is 12.7 Å². The van der Waals surface area contributed by atoms with Gasteiger partial charge in [-0.05, 0) is 30.6 Å². The Bertz CT molecular complexity index is 616. The quantitative estimate of drug-likeness (QED) is 0.814. The highest BCUT2D eigenvalue weighted by Crippen LogP contribution is 2.63. The number of nitrogens with two attached hydrogens (primary N) is 1. The van der Waals surface area contributed by atoms with Gasteiger partial charge in [-0.2, -0.15) is 0 Å². The molecule has 2 heterocycles. The zero-order valence-corrected chi connectivity index (χ0v) is 9.95. The summed E-state index contributed by atoms with van der Waals surface area (Å²) >= 11 is 0. The van der Waals surface area contributed by atoms with E-state index in [-0.39, 0.29) is 5.41 Å². The molecule has 94 valence electrons. The first kappa shape index (κ1) is 10.3. The number of rotatable bonds is 2. The van der Waals surface area contributed by atoms with Gasteiger partial charge in [-0.1, -0.05) is 0 Å². The van der Waals surface area contributed by atoms with E-state index in [0.717, 1.165) is 24.9 Å². The minimum absolute atomic E-state index is 0.157. The van der Waals surface area contributed by atoms with Gasteiger partial charge in [0.2, 0.25) is 0 Å². The third-order valence-corrected chi connectivity index (χ3v) is 4.66. The second-order valence-electron chi connectivity index (χ2n) is 5.68. The lowest BCUT2D eigenvalue weighted by molar-refractivity contribution is 0.0547. The van der Waals surface area contributed by atoms with Crippen LogP contribution in [0.1, 0.15) is 25.3 Å². The molecule has 18 heavy (non-hydrogen) atoms. The summed E-state index contributed by atoms with van der Waals surface area (Å²) in [6.07, 6.45) is 6.55. The molecule has 0 radical (unpaired) electrons. The van der Waals surface area contributed by atoms with Crippen LogP contribution in [0.25, 0.3) is 11.2 Å². The molecule has 2 bridgehead atoms. The number of nitrogen functional groups attached to an aromatic ring is 1. The van der Waals surface area contributed by atoms with E-state index in [4.69, 9.17) is 5.73 Å². The average Bonchev–Trinajstić information content (AvgIpc) is 2.97. The zero-order valence-electron chi connectivity index (χ0n) is 9.95. The van der Waals surface area contributed by atoms with Crippen LogP contribution < -0.4 is 5.73 Å². The number of aliphatic hydroxyl groups is 1. The van der Waals surface area contributed by atoms with Gasteiger partial charge < -0.3 is 15.4 Å². The van der Waals surface area contributed by atoms with E-state index in [1.54, 1.807) is 0 Å². The molecule has 3 saturated carbocycles. The minimum Gasteiger partial charge on any atom is -0.396 e. The second-order valence-corrected chi connectivity index (χ2v) is 5.68. The molecular formula is C12H15N5O. The molecule has 3 aliphatic rings. The molecule has 6 heteroatoms. The maximum Gasteiger partial charge on any atom is 0.165 e. The van der Waals surface area contributed by atoms with E-state index < -0.39 is 0 Å². The van der Waals surface area contributed by atoms with Gasteiger partial charge in [0.25, 0.3) is 0 Å². The van der Waals surface area contributed by atoms with Gasteiger partial charge in [0.1, 0.15) is 11.8 Å². The lowest BCUT2D eigenvalue weighted by Gasteiger charge is -2.36. The molecule has 0 saturated heterocycles. The topological polar surface area (TPSA) is 89.9 Å². The van der Waals surface area contributed by atoms with Crippen LogP contribution in [0.2, 0.25) is 0 Å². The van der Waals surface area contributed by atoms with E-state index in [0.29, 0.717) is 29.9 Å². The highest BCUT2D eigenvalue weighted by atomic mass is 16.3. The molecule has 3 aliphatic carbocycles. The Labute approximate surface area is 104 Å². The fourth-order valence-corrected chi connectivity index (χ4v) is 3.73. The molecule has 0 unspecified atom stereocenters.